The van der Waals surface area contributed by atoms with Crippen molar-refractivity contribution in [2.45, 2.75) is 24.4 Å². The van der Waals surface area contributed by atoms with Crippen LogP contribution in [0.5, 0.6) is 0 Å². The maximum Gasteiger partial charge on any atom is 0.269 e. The van der Waals surface area contributed by atoms with Gasteiger partial charge in [0, 0.05) is 13.0 Å². The summed E-state index contributed by atoms with van der Waals surface area (Å²) in [5, 5.41) is 0. The summed E-state index contributed by atoms with van der Waals surface area (Å²) < 4.78 is 41.9. The van der Waals surface area contributed by atoms with Crippen LogP contribution in [0.15, 0.2) is 18.2 Å². The molecule has 1 spiro atoms. The second-order valence-corrected chi connectivity index (χ2v) is 6.26. The van der Waals surface area contributed by atoms with Crippen LogP contribution in [0.25, 0.3) is 0 Å². The summed E-state index contributed by atoms with van der Waals surface area (Å²) in [5.74, 6) is -0.364. The molecule has 1 unspecified atom stereocenters. The van der Waals surface area contributed by atoms with Crippen LogP contribution in [0.1, 0.15) is 23.1 Å². The third kappa shape index (κ3) is 2.05. The molecule has 2 aliphatic rings. The van der Waals surface area contributed by atoms with Crippen molar-refractivity contribution >= 4 is 10.1 Å². The lowest BCUT2D eigenvalue weighted by molar-refractivity contribution is -0.0421. The molecule has 6 heteroatoms. The van der Waals surface area contributed by atoms with Gasteiger partial charge in [0.2, 0.25) is 0 Å². The third-order valence-corrected chi connectivity index (χ3v) is 4.20. The predicted octanol–water partition coefficient (Wildman–Crippen LogP) is 1.22. The first-order valence-corrected chi connectivity index (χ1v) is 7.39. The SMILES string of the molecule is O=S(=O)(O)Cc1ccc2c(c1)C1(CCOC1)OC2. The molecule has 2 aliphatic heterocycles. The molecule has 1 aromatic carbocycles. The predicted molar refractivity (Wildman–Crippen MR) is 63.6 cm³/mol. The van der Waals surface area contributed by atoms with E-state index in [0.717, 1.165) is 17.5 Å². The molecule has 1 saturated heterocycles. The molecule has 0 radical (unpaired) electrons. The minimum atomic E-state index is -4.00. The molecule has 1 aromatic rings. The largest absolute Gasteiger partial charge is 0.378 e. The molecule has 2 heterocycles. The number of rotatable bonds is 2. The summed E-state index contributed by atoms with van der Waals surface area (Å²) >= 11 is 0. The fourth-order valence-corrected chi connectivity index (χ4v) is 3.24. The minimum Gasteiger partial charge on any atom is -0.378 e. The summed E-state index contributed by atoms with van der Waals surface area (Å²) in [7, 11) is -4.00. The first kappa shape index (κ1) is 12.1. The molecule has 1 atom stereocenters. The van der Waals surface area contributed by atoms with Crippen LogP contribution in [0.4, 0.5) is 0 Å². The zero-order chi connectivity index (χ0) is 12.8. The highest BCUT2D eigenvalue weighted by Gasteiger charge is 2.43. The summed E-state index contributed by atoms with van der Waals surface area (Å²) in [6.07, 6.45) is 0.787. The van der Waals surface area contributed by atoms with E-state index in [1.54, 1.807) is 6.07 Å². The van der Waals surface area contributed by atoms with Crippen molar-refractivity contribution in [2.24, 2.45) is 0 Å². The van der Waals surface area contributed by atoms with Crippen LogP contribution < -0.4 is 0 Å². The monoisotopic (exact) mass is 270 g/mol. The summed E-state index contributed by atoms with van der Waals surface area (Å²) in [6, 6.07) is 5.39. The first-order chi connectivity index (χ1) is 8.49. The van der Waals surface area contributed by atoms with E-state index in [4.69, 9.17) is 14.0 Å². The highest BCUT2D eigenvalue weighted by atomic mass is 32.2. The lowest BCUT2D eigenvalue weighted by atomic mass is 9.90. The number of ether oxygens (including phenoxy) is 2. The zero-order valence-corrected chi connectivity index (χ0v) is 10.6. The third-order valence-electron chi connectivity index (χ3n) is 3.50. The van der Waals surface area contributed by atoms with E-state index in [1.807, 2.05) is 12.1 Å². The van der Waals surface area contributed by atoms with Gasteiger partial charge in [-0.1, -0.05) is 18.2 Å². The molecule has 0 bridgehead atoms. The van der Waals surface area contributed by atoms with E-state index >= 15 is 0 Å². The maximum absolute atomic E-state index is 10.9. The van der Waals surface area contributed by atoms with Gasteiger partial charge in [0.25, 0.3) is 10.1 Å². The van der Waals surface area contributed by atoms with Crippen LogP contribution in [-0.2, 0) is 37.6 Å². The lowest BCUT2D eigenvalue weighted by Gasteiger charge is -2.22. The van der Waals surface area contributed by atoms with Crippen LogP contribution in [0, 0.1) is 0 Å². The van der Waals surface area contributed by atoms with Gasteiger partial charge in [-0.15, -0.1) is 0 Å². The zero-order valence-electron chi connectivity index (χ0n) is 9.76. The van der Waals surface area contributed by atoms with Gasteiger partial charge in [0.1, 0.15) is 11.4 Å². The summed E-state index contributed by atoms with van der Waals surface area (Å²) in [6.45, 7) is 1.70. The van der Waals surface area contributed by atoms with Gasteiger partial charge >= 0.3 is 0 Å². The van der Waals surface area contributed by atoms with Gasteiger partial charge in [-0.05, 0) is 16.7 Å². The molecule has 0 aromatic heterocycles. The van der Waals surface area contributed by atoms with Gasteiger partial charge in [-0.3, -0.25) is 4.55 Å². The van der Waals surface area contributed by atoms with Crippen molar-refractivity contribution in [3.63, 3.8) is 0 Å². The topological polar surface area (TPSA) is 72.8 Å². The Bertz CT molecular complexity index is 572. The first-order valence-electron chi connectivity index (χ1n) is 5.78. The number of fused-ring (bicyclic) bond motifs is 2. The Kier molecular flexibility index (Phi) is 2.71. The van der Waals surface area contributed by atoms with E-state index in [1.165, 1.54) is 0 Å². The van der Waals surface area contributed by atoms with Gasteiger partial charge in [-0.25, -0.2) is 0 Å². The Labute approximate surface area is 105 Å². The Hall–Kier alpha value is -0.950. The van der Waals surface area contributed by atoms with Crippen molar-refractivity contribution in [1.82, 2.24) is 0 Å². The molecule has 18 heavy (non-hydrogen) atoms. The normalized spacial score (nSPS) is 26.7. The van der Waals surface area contributed by atoms with Crippen molar-refractivity contribution in [1.29, 1.82) is 0 Å². The second-order valence-electron chi connectivity index (χ2n) is 4.80. The van der Waals surface area contributed by atoms with Crippen LogP contribution in [-0.4, -0.2) is 26.2 Å². The lowest BCUT2D eigenvalue weighted by Crippen LogP contribution is -2.25. The molecular formula is C12H14O5S. The van der Waals surface area contributed by atoms with Crippen LogP contribution >= 0.6 is 0 Å². The Balaban J connectivity index is 1.99. The molecule has 1 N–H and O–H groups in total. The van der Waals surface area contributed by atoms with E-state index in [2.05, 4.69) is 0 Å². The Morgan fingerprint density at radius 2 is 2.22 bits per heavy atom. The number of hydrogen-bond acceptors (Lipinski definition) is 4. The smallest absolute Gasteiger partial charge is 0.269 e. The molecule has 0 aliphatic carbocycles. The molecule has 0 amide bonds. The Morgan fingerprint density at radius 1 is 1.39 bits per heavy atom. The standard InChI is InChI=1S/C12H14O5S/c13-18(14,15)7-9-1-2-10-6-17-12(11(10)5-9)3-4-16-8-12/h1-2,5H,3-4,6-8H2,(H,13,14,15). The maximum atomic E-state index is 10.9. The highest BCUT2D eigenvalue weighted by molar-refractivity contribution is 7.85. The minimum absolute atomic E-state index is 0.364. The molecule has 0 saturated carbocycles. The van der Waals surface area contributed by atoms with Gasteiger partial charge in [0.05, 0.1) is 13.2 Å². The van der Waals surface area contributed by atoms with Crippen LogP contribution in [0.2, 0.25) is 0 Å². The second kappa shape index (κ2) is 4.03. The summed E-state index contributed by atoms with van der Waals surface area (Å²) in [4.78, 5) is 0. The fraction of sp³-hybridized carbons (Fsp3) is 0.500. The summed E-state index contributed by atoms with van der Waals surface area (Å²) in [5.41, 5.74) is 2.23. The van der Waals surface area contributed by atoms with Gasteiger partial charge in [0.15, 0.2) is 0 Å². The fourth-order valence-electron chi connectivity index (χ4n) is 2.64. The van der Waals surface area contributed by atoms with Crippen molar-refractivity contribution in [3.8, 4) is 0 Å². The number of benzene rings is 1. The molecule has 5 nitrogen and oxygen atoms in total. The van der Waals surface area contributed by atoms with Crippen LogP contribution in [0.3, 0.4) is 0 Å². The average molecular weight is 270 g/mol. The van der Waals surface area contributed by atoms with Crippen molar-refractivity contribution < 1.29 is 22.4 Å². The molecule has 1 fully saturated rings. The van der Waals surface area contributed by atoms with Gasteiger partial charge in [-0.2, -0.15) is 8.42 Å². The molecule has 3 rings (SSSR count). The van der Waals surface area contributed by atoms with E-state index < -0.39 is 15.7 Å². The van der Waals surface area contributed by atoms with E-state index in [0.29, 0.717) is 25.4 Å². The van der Waals surface area contributed by atoms with Crippen molar-refractivity contribution in [2.75, 3.05) is 13.2 Å². The number of hydrogen-bond donors (Lipinski definition) is 1. The van der Waals surface area contributed by atoms with Gasteiger partial charge < -0.3 is 9.47 Å². The average Bonchev–Trinajstić information content (AvgIpc) is 2.87. The van der Waals surface area contributed by atoms with E-state index in [9.17, 15) is 8.42 Å². The van der Waals surface area contributed by atoms with E-state index in [-0.39, 0.29) is 5.75 Å². The molecular weight excluding hydrogens is 256 g/mol. The quantitative estimate of drug-likeness (QED) is 0.818. The Morgan fingerprint density at radius 3 is 2.89 bits per heavy atom. The molecule has 98 valence electrons. The van der Waals surface area contributed by atoms with Crippen molar-refractivity contribution in [3.05, 3.63) is 34.9 Å². The highest BCUT2D eigenvalue weighted by Crippen LogP contribution is 2.42.